The van der Waals surface area contributed by atoms with Crippen molar-refractivity contribution in [2.45, 2.75) is 26.3 Å². The number of hydrogen-bond acceptors (Lipinski definition) is 6. The molecule has 154 valence electrons. The third-order valence-electron chi connectivity index (χ3n) is 5.53. The van der Waals surface area contributed by atoms with E-state index in [-0.39, 0.29) is 11.8 Å². The number of nitrogens with one attached hydrogen (secondary N) is 1. The third kappa shape index (κ3) is 3.97. The number of carbonyl (C=O) groups excluding carboxylic acids is 1. The lowest BCUT2D eigenvalue weighted by Crippen LogP contribution is -2.40. The summed E-state index contributed by atoms with van der Waals surface area (Å²) in [6.45, 7) is 4.40. The van der Waals surface area contributed by atoms with Crippen LogP contribution in [0.2, 0.25) is 0 Å². The van der Waals surface area contributed by atoms with E-state index in [2.05, 4.69) is 47.5 Å². The van der Waals surface area contributed by atoms with Gasteiger partial charge in [-0.2, -0.15) is 0 Å². The molecule has 1 N–H and O–H groups in total. The highest BCUT2D eigenvalue weighted by molar-refractivity contribution is 7.20. The van der Waals surface area contributed by atoms with Crippen LogP contribution in [-0.2, 0) is 11.3 Å². The standard InChI is InChI=1S/C22H23N5OS2/c1-15-4-6-16(7-5-15)19-14-27-21(24-19)30-22(25-27)26-10-8-17(9-11-26)20(28)23-13-18-3-2-12-29-18/h2-7,12,14,17H,8-11,13H2,1H3,(H,23,28). The fourth-order valence-electron chi connectivity index (χ4n) is 3.75. The van der Waals surface area contributed by atoms with E-state index in [1.807, 2.05) is 22.2 Å². The second-order valence-electron chi connectivity index (χ2n) is 7.66. The van der Waals surface area contributed by atoms with Gasteiger partial charge in [0.1, 0.15) is 0 Å². The zero-order chi connectivity index (χ0) is 20.5. The zero-order valence-electron chi connectivity index (χ0n) is 16.7. The van der Waals surface area contributed by atoms with Crippen molar-refractivity contribution in [3.63, 3.8) is 0 Å². The number of nitrogens with zero attached hydrogens (tertiary/aromatic N) is 4. The van der Waals surface area contributed by atoms with Gasteiger partial charge in [-0.15, -0.1) is 16.4 Å². The Balaban J connectivity index is 1.20. The minimum Gasteiger partial charge on any atom is -0.351 e. The second kappa shape index (κ2) is 8.20. The minimum atomic E-state index is 0.0818. The minimum absolute atomic E-state index is 0.0818. The van der Waals surface area contributed by atoms with E-state index in [9.17, 15) is 4.79 Å². The maximum Gasteiger partial charge on any atom is 0.223 e. The van der Waals surface area contributed by atoms with Crippen LogP contribution in [-0.4, -0.2) is 33.6 Å². The maximum atomic E-state index is 12.5. The molecule has 3 aromatic heterocycles. The summed E-state index contributed by atoms with van der Waals surface area (Å²) in [6, 6.07) is 12.5. The lowest BCUT2D eigenvalue weighted by atomic mass is 9.96. The summed E-state index contributed by atoms with van der Waals surface area (Å²) >= 11 is 3.28. The predicted octanol–water partition coefficient (Wildman–Crippen LogP) is 4.36. The Morgan fingerprint density at radius 3 is 2.70 bits per heavy atom. The molecule has 1 aliphatic heterocycles. The first-order valence-corrected chi connectivity index (χ1v) is 11.8. The van der Waals surface area contributed by atoms with Crippen molar-refractivity contribution in [2.75, 3.05) is 18.0 Å². The van der Waals surface area contributed by atoms with Crippen molar-refractivity contribution in [1.29, 1.82) is 0 Å². The van der Waals surface area contributed by atoms with Crippen LogP contribution in [0.15, 0.2) is 48.0 Å². The molecule has 0 aliphatic carbocycles. The molecule has 0 radical (unpaired) electrons. The molecule has 5 rings (SSSR count). The maximum absolute atomic E-state index is 12.5. The first-order valence-electron chi connectivity index (χ1n) is 10.1. The first-order chi connectivity index (χ1) is 14.7. The Bertz CT molecular complexity index is 1110. The fourth-order valence-corrected chi connectivity index (χ4v) is 5.32. The third-order valence-corrected chi connectivity index (χ3v) is 7.39. The number of hydrogen-bond donors (Lipinski definition) is 1. The molecule has 6 nitrogen and oxygen atoms in total. The summed E-state index contributed by atoms with van der Waals surface area (Å²) in [5.74, 6) is 0.248. The van der Waals surface area contributed by atoms with Crippen LogP contribution in [0.4, 0.5) is 5.13 Å². The molecule has 1 aliphatic rings. The van der Waals surface area contributed by atoms with Crippen molar-refractivity contribution in [2.24, 2.45) is 5.92 Å². The number of amides is 1. The van der Waals surface area contributed by atoms with Gasteiger partial charge >= 0.3 is 0 Å². The Hall–Kier alpha value is -2.71. The average Bonchev–Trinajstić information content (AvgIpc) is 3.49. The van der Waals surface area contributed by atoms with Gasteiger partial charge in [0.15, 0.2) is 0 Å². The summed E-state index contributed by atoms with van der Waals surface area (Å²) < 4.78 is 1.87. The van der Waals surface area contributed by atoms with Gasteiger partial charge in [0.2, 0.25) is 16.0 Å². The Kier molecular flexibility index (Phi) is 5.26. The van der Waals surface area contributed by atoms with E-state index in [0.717, 1.165) is 47.3 Å². The summed E-state index contributed by atoms with van der Waals surface area (Å²) in [6.07, 6.45) is 3.70. The molecule has 0 saturated carbocycles. The van der Waals surface area contributed by atoms with Crippen LogP contribution in [0.25, 0.3) is 16.2 Å². The van der Waals surface area contributed by atoms with Crippen molar-refractivity contribution in [1.82, 2.24) is 19.9 Å². The van der Waals surface area contributed by atoms with E-state index in [4.69, 9.17) is 10.1 Å². The molecule has 30 heavy (non-hydrogen) atoms. The zero-order valence-corrected chi connectivity index (χ0v) is 18.4. The SMILES string of the molecule is Cc1ccc(-c2cn3nc(N4CCC(C(=O)NCc5cccs5)CC4)sc3n2)cc1. The Morgan fingerprint density at radius 1 is 1.20 bits per heavy atom. The predicted molar refractivity (Wildman–Crippen MR) is 122 cm³/mol. The van der Waals surface area contributed by atoms with Crippen molar-refractivity contribution in [3.8, 4) is 11.3 Å². The van der Waals surface area contributed by atoms with Gasteiger partial charge < -0.3 is 10.2 Å². The van der Waals surface area contributed by atoms with Crippen molar-refractivity contribution < 1.29 is 4.79 Å². The molecule has 8 heteroatoms. The van der Waals surface area contributed by atoms with Crippen LogP contribution in [0.3, 0.4) is 0 Å². The second-order valence-corrected chi connectivity index (χ2v) is 9.63. The quantitative estimate of drug-likeness (QED) is 0.504. The molecular weight excluding hydrogens is 414 g/mol. The number of piperidine rings is 1. The number of aryl methyl sites for hydroxylation is 1. The smallest absolute Gasteiger partial charge is 0.223 e. The molecule has 4 aromatic rings. The lowest BCUT2D eigenvalue weighted by Gasteiger charge is -2.30. The summed E-state index contributed by atoms with van der Waals surface area (Å²) in [4.78, 5) is 21.6. The molecule has 1 fully saturated rings. The number of anilines is 1. The highest BCUT2D eigenvalue weighted by Crippen LogP contribution is 2.29. The van der Waals surface area contributed by atoms with Crippen molar-refractivity contribution in [3.05, 3.63) is 58.4 Å². The van der Waals surface area contributed by atoms with Crippen LogP contribution in [0.1, 0.15) is 23.3 Å². The fraction of sp³-hybridized carbons (Fsp3) is 0.318. The molecule has 1 saturated heterocycles. The number of benzene rings is 1. The van der Waals surface area contributed by atoms with Crippen LogP contribution in [0.5, 0.6) is 0 Å². The Labute approximate surface area is 183 Å². The van der Waals surface area contributed by atoms with Crippen molar-refractivity contribution >= 4 is 38.7 Å². The van der Waals surface area contributed by atoms with E-state index in [1.165, 1.54) is 10.4 Å². The first kappa shape index (κ1) is 19.3. The molecular formula is C22H23N5OS2. The van der Waals surface area contributed by atoms with Gasteiger partial charge in [-0.1, -0.05) is 47.2 Å². The summed E-state index contributed by atoms with van der Waals surface area (Å²) in [5.41, 5.74) is 3.29. The highest BCUT2D eigenvalue weighted by Gasteiger charge is 2.26. The number of carbonyl (C=O) groups is 1. The van der Waals surface area contributed by atoms with Gasteiger partial charge in [-0.05, 0) is 31.2 Å². The van der Waals surface area contributed by atoms with E-state index in [1.54, 1.807) is 22.7 Å². The molecule has 0 bridgehead atoms. The molecule has 0 spiro atoms. The van der Waals surface area contributed by atoms with Crippen LogP contribution in [0, 0.1) is 12.8 Å². The number of aromatic nitrogens is 3. The summed E-state index contributed by atoms with van der Waals surface area (Å²) in [7, 11) is 0. The monoisotopic (exact) mass is 437 g/mol. The van der Waals surface area contributed by atoms with Crippen LogP contribution < -0.4 is 10.2 Å². The van der Waals surface area contributed by atoms with E-state index in [0.29, 0.717) is 6.54 Å². The average molecular weight is 438 g/mol. The molecule has 1 aromatic carbocycles. The van der Waals surface area contributed by atoms with Gasteiger partial charge in [0.05, 0.1) is 18.4 Å². The number of fused-ring (bicyclic) bond motifs is 1. The van der Waals surface area contributed by atoms with Gasteiger partial charge in [-0.3, -0.25) is 4.79 Å². The largest absolute Gasteiger partial charge is 0.351 e. The van der Waals surface area contributed by atoms with Gasteiger partial charge in [-0.25, -0.2) is 9.50 Å². The summed E-state index contributed by atoms with van der Waals surface area (Å²) in [5, 5.41) is 10.8. The Morgan fingerprint density at radius 2 is 2.00 bits per heavy atom. The number of imidazole rings is 1. The van der Waals surface area contributed by atoms with E-state index < -0.39 is 0 Å². The topological polar surface area (TPSA) is 62.5 Å². The number of thiophene rings is 1. The highest BCUT2D eigenvalue weighted by atomic mass is 32.1. The molecule has 4 heterocycles. The molecule has 0 unspecified atom stereocenters. The molecule has 1 amide bonds. The molecule has 0 atom stereocenters. The van der Waals surface area contributed by atoms with Gasteiger partial charge in [0, 0.05) is 29.4 Å². The van der Waals surface area contributed by atoms with Crippen LogP contribution >= 0.6 is 22.7 Å². The van der Waals surface area contributed by atoms with Gasteiger partial charge in [0.25, 0.3) is 0 Å². The normalized spacial score (nSPS) is 15.0. The lowest BCUT2D eigenvalue weighted by molar-refractivity contribution is -0.125. The number of rotatable bonds is 5. The van der Waals surface area contributed by atoms with E-state index >= 15 is 0 Å².